The maximum absolute atomic E-state index is 12.5. The maximum Gasteiger partial charge on any atom is 0.222 e. The molecule has 2 aromatic rings. The van der Waals surface area contributed by atoms with Crippen LogP contribution in [-0.2, 0) is 17.6 Å². The minimum absolute atomic E-state index is 0.255. The van der Waals surface area contributed by atoms with Gasteiger partial charge in [0.15, 0.2) is 0 Å². The van der Waals surface area contributed by atoms with E-state index < -0.39 is 0 Å². The highest BCUT2D eigenvalue weighted by Gasteiger charge is 2.24. The molecule has 2 aromatic heterocycles. The van der Waals surface area contributed by atoms with Crippen LogP contribution < -0.4 is 5.73 Å². The molecule has 25 heavy (non-hydrogen) atoms. The predicted octanol–water partition coefficient (Wildman–Crippen LogP) is 2.26. The number of hydrogen-bond donors (Lipinski definition) is 1. The van der Waals surface area contributed by atoms with Gasteiger partial charge in [0.2, 0.25) is 5.91 Å². The van der Waals surface area contributed by atoms with Gasteiger partial charge in [-0.1, -0.05) is 0 Å². The van der Waals surface area contributed by atoms with Crippen molar-refractivity contribution in [2.24, 2.45) is 5.92 Å². The zero-order valence-corrected chi connectivity index (χ0v) is 14.5. The number of aromatic nitrogens is 3. The van der Waals surface area contributed by atoms with E-state index in [0.29, 0.717) is 18.2 Å². The summed E-state index contributed by atoms with van der Waals surface area (Å²) in [6, 6.07) is 4.01. The molecule has 6 heteroatoms. The van der Waals surface area contributed by atoms with E-state index in [-0.39, 0.29) is 5.91 Å². The molecule has 1 atom stereocenters. The van der Waals surface area contributed by atoms with Gasteiger partial charge in [0.1, 0.15) is 5.82 Å². The van der Waals surface area contributed by atoms with Crippen molar-refractivity contribution >= 4 is 11.7 Å². The molecule has 1 aliphatic heterocycles. The molecular weight excluding hydrogens is 314 g/mol. The molecule has 0 aromatic carbocycles. The molecule has 132 valence electrons. The molecule has 1 unspecified atom stereocenters. The molecule has 1 saturated heterocycles. The Hall–Kier alpha value is -2.50. The molecule has 0 spiro atoms. The number of likely N-dealkylation sites (tertiary alicyclic amines) is 1. The first-order valence-corrected chi connectivity index (χ1v) is 8.94. The summed E-state index contributed by atoms with van der Waals surface area (Å²) in [5, 5.41) is 0. The third kappa shape index (κ3) is 4.98. The van der Waals surface area contributed by atoms with Crippen LogP contribution in [0.2, 0.25) is 0 Å². The second-order valence-electron chi connectivity index (χ2n) is 6.65. The molecule has 1 aliphatic rings. The van der Waals surface area contributed by atoms with Gasteiger partial charge in [0.05, 0.1) is 5.69 Å². The van der Waals surface area contributed by atoms with Gasteiger partial charge in [-0.3, -0.25) is 14.8 Å². The van der Waals surface area contributed by atoms with E-state index >= 15 is 0 Å². The van der Waals surface area contributed by atoms with Gasteiger partial charge in [0.25, 0.3) is 0 Å². The van der Waals surface area contributed by atoms with Crippen LogP contribution in [0.4, 0.5) is 5.82 Å². The summed E-state index contributed by atoms with van der Waals surface area (Å²) < 4.78 is 0. The van der Waals surface area contributed by atoms with Gasteiger partial charge >= 0.3 is 0 Å². The van der Waals surface area contributed by atoms with Crippen molar-refractivity contribution in [1.29, 1.82) is 0 Å². The van der Waals surface area contributed by atoms with E-state index in [4.69, 9.17) is 5.73 Å². The Morgan fingerprint density at radius 1 is 1.20 bits per heavy atom. The molecule has 2 N–H and O–H groups in total. The first kappa shape index (κ1) is 17.3. The van der Waals surface area contributed by atoms with E-state index in [1.54, 1.807) is 24.8 Å². The number of hydrogen-bond acceptors (Lipinski definition) is 5. The van der Waals surface area contributed by atoms with Crippen molar-refractivity contribution in [1.82, 2.24) is 19.9 Å². The van der Waals surface area contributed by atoms with E-state index in [1.165, 1.54) is 5.56 Å². The topological polar surface area (TPSA) is 85.0 Å². The standard InChI is InChI=1S/C19H25N5O/c20-19-17(22-10-11-23-19)13-16-4-2-12-24(14-16)18(25)5-1-3-15-6-8-21-9-7-15/h6-11,16H,1-5,12-14H2,(H2,20,23). The number of rotatable bonds is 6. The molecule has 0 saturated carbocycles. The number of carbonyl (C=O) groups is 1. The molecule has 6 nitrogen and oxygen atoms in total. The zero-order chi connectivity index (χ0) is 17.5. The fourth-order valence-corrected chi connectivity index (χ4v) is 3.42. The maximum atomic E-state index is 12.5. The summed E-state index contributed by atoms with van der Waals surface area (Å²) in [6.45, 7) is 1.66. The summed E-state index contributed by atoms with van der Waals surface area (Å²) in [4.78, 5) is 27.0. The Balaban J connectivity index is 1.47. The number of nitrogens with zero attached hydrogens (tertiary/aromatic N) is 4. The summed E-state index contributed by atoms with van der Waals surface area (Å²) in [5.41, 5.74) is 7.98. The number of nitrogen functional groups attached to an aromatic ring is 1. The molecule has 0 bridgehead atoms. The van der Waals surface area contributed by atoms with Crippen LogP contribution in [-0.4, -0.2) is 38.8 Å². The van der Waals surface area contributed by atoms with Crippen LogP contribution in [0.5, 0.6) is 0 Å². The Morgan fingerprint density at radius 2 is 2.00 bits per heavy atom. The number of pyridine rings is 1. The van der Waals surface area contributed by atoms with E-state index in [1.807, 2.05) is 17.0 Å². The second kappa shape index (κ2) is 8.55. The van der Waals surface area contributed by atoms with Crippen LogP contribution in [0.25, 0.3) is 0 Å². The molecule has 0 aliphatic carbocycles. The third-order valence-electron chi connectivity index (χ3n) is 4.77. The van der Waals surface area contributed by atoms with Crippen LogP contribution in [0, 0.1) is 5.92 Å². The highest BCUT2D eigenvalue weighted by molar-refractivity contribution is 5.76. The normalized spacial score (nSPS) is 17.4. The number of amides is 1. The summed E-state index contributed by atoms with van der Waals surface area (Å²) in [7, 11) is 0. The zero-order valence-electron chi connectivity index (χ0n) is 14.5. The van der Waals surface area contributed by atoms with Crippen LogP contribution in [0.1, 0.15) is 36.9 Å². The lowest BCUT2D eigenvalue weighted by Crippen LogP contribution is -2.40. The average Bonchev–Trinajstić information content (AvgIpc) is 2.65. The Labute approximate surface area is 148 Å². The number of anilines is 1. The molecule has 3 rings (SSSR count). The first-order valence-electron chi connectivity index (χ1n) is 8.94. The Morgan fingerprint density at radius 3 is 2.80 bits per heavy atom. The van der Waals surface area contributed by atoms with Crippen molar-refractivity contribution in [3.05, 3.63) is 48.2 Å². The van der Waals surface area contributed by atoms with Crippen LogP contribution in [0.15, 0.2) is 36.9 Å². The first-order chi connectivity index (χ1) is 12.2. The van der Waals surface area contributed by atoms with E-state index in [9.17, 15) is 4.79 Å². The lowest BCUT2D eigenvalue weighted by atomic mass is 9.93. The highest BCUT2D eigenvalue weighted by atomic mass is 16.2. The Bertz CT molecular complexity index is 691. The number of aryl methyl sites for hydroxylation is 1. The van der Waals surface area contributed by atoms with Crippen LogP contribution >= 0.6 is 0 Å². The highest BCUT2D eigenvalue weighted by Crippen LogP contribution is 2.22. The van der Waals surface area contributed by atoms with Crippen molar-refractivity contribution < 1.29 is 4.79 Å². The van der Waals surface area contributed by atoms with Crippen molar-refractivity contribution in [3.8, 4) is 0 Å². The lowest BCUT2D eigenvalue weighted by molar-refractivity contribution is -0.133. The second-order valence-corrected chi connectivity index (χ2v) is 6.65. The van der Waals surface area contributed by atoms with Crippen LogP contribution in [0.3, 0.4) is 0 Å². The molecule has 1 amide bonds. The fraction of sp³-hybridized carbons (Fsp3) is 0.474. The van der Waals surface area contributed by atoms with Crippen molar-refractivity contribution in [2.45, 2.75) is 38.5 Å². The average molecular weight is 339 g/mol. The van der Waals surface area contributed by atoms with Gasteiger partial charge in [0, 0.05) is 44.3 Å². The lowest BCUT2D eigenvalue weighted by Gasteiger charge is -2.33. The minimum Gasteiger partial charge on any atom is -0.382 e. The molecule has 1 fully saturated rings. The van der Waals surface area contributed by atoms with E-state index in [2.05, 4.69) is 15.0 Å². The fourth-order valence-electron chi connectivity index (χ4n) is 3.42. The number of carbonyl (C=O) groups excluding carboxylic acids is 1. The van der Waals surface area contributed by atoms with Gasteiger partial charge < -0.3 is 10.6 Å². The van der Waals surface area contributed by atoms with Crippen molar-refractivity contribution in [2.75, 3.05) is 18.8 Å². The number of piperidine rings is 1. The van der Waals surface area contributed by atoms with Gasteiger partial charge in [-0.05, 0) is 55.7 Å². The summed E-state index contributed by atoms with van der Waals surface area (Å²) in [6.07, 6.45) is 12.2. The number of nitrogens with two attached hydrogens (primary N) is 1. The summed E-state index contributed by atoms with van der Waals surface area (Å²) in [5.74, 6) is 1.17. The molecule has 0 radical (unpaired) electrons. The monoisotopic (exact) mass is 339 g/mol. The minimum atomic E-state index is 0.255. The quantitative estimate of drug-likeness (QED) is 0.872. The van der Waals surface area contributed by atoms with E-state index in [0.717, 1.165) is 50.9 Å². The smallest absolute Gasteiger partial charge is 0.222 e. The van der Waals surface area contributed by atoms with Gasteiger partial charge in [-0.15, -0.1) is 0 Å². The predicted molar refractivity (Wildman–Crippen MR) is 96.6 cm³/mol. The molecular formula is C19H25N5O. The third-order valence-corrected chi connectivity index (χ3v) is 4.77. The summed E-state index contributed by atoms with van der Waals surface area (Å²) >= 11 is 0. The van der Waals surface area contributed by atoms with Gasteiger partial charge in [-0.25, -0.2) is 4.98 Å². The van der Waals surface area contributed by atoms with Gasteiger partial charge in [-0.2, -0.15) is 0 Å². The van der Waals surface area contributed by atoms with Crippen molar-refractivity contribution in [3.63, 3.8) is 0 Å². The largest absolute Gasteiger partial charge is 0.382 e. The molecule has 3 heterocycles. The Kier molecular flexibility index (Phi) is 5.93. The SMILES string of the molecule is Nc1nccnc1CC1CCCN(C(=O)CCCc2ccncc2)C1.